The van der Waals surface area contributed by atoms with Crippen molar-refractivity contribution >= 4 is 6.08 Å². The molecule has 13 heteroatoms. The average Bonchev–Trinajstić information content (AvgIpc) is 2.98. The van der Waals surface area contributed by atoms with Crippen LogP contribution < -0.4 is 23.7 Å². The minimum atomic E-state index is -1.68. The Morgan fingerprint density at radius 2 is 1.50 bits per heavy atom. The van der Waals surface area contributed by atoms with Gasteiger partial charge < -0.3 is 64.2 Å². The Balaban J connectivity index is 1.88. The molecule has 2 aromatic rings. The van der Waals surface area contributed by atoms with Crippen LogP contribution in [0.15, 0.2) is 36.4 Å². The summed E-state index contributed by atoms with van der Waals surface area (Å²) < 4.78 is 33.2. The maximum atomic E-state index is 11.1. The first-order valence-corrected chi connectivity index (χ1v) is 12.4. The third-order valence-corrected chi connectivity index (χ3v) is 6.32. The van der Waals surface area contributed by atoms with Crippen LogP contribution in [0.5, 0.6) is 28.7 Å². The van der Waals surface area contributed by atoms with Crippen molar-refractivity contribution < 1.29 is 64.2 Å². The van der Waals surface area contributed by atoms with Crippen LogP contribution in [0.4, 0.5) is 0 Å². The van der Waals surface area contributed by atoms with E-state index in [1.165, 1.54) is 33.5 Å². The number of aliphatic hydroxyl groups excluding tert-OH is 7. The quantitative estimate of drug-likeness (QED) is 0.161. The molecule has 1 heterocycles. The van der Waals surface area contributed by atoms with Gasteiger partial charge in [0.25, 0.3) is 0 Å². The fourth-order valence-electron chi connectivity index (χ4n) is 4.12. The molecule has 1 saturated heterocycles. The van der Waals surface area contributed by atoms with Gasteiger partial charge in [-0.15, -0.1) is 0 Å². The highest BCUT2D eigenvalue weighted by molar-refractivity contribution is 5.56. The second kappa shape index (κ2) is 14.5. The maximum Gasteiger partial charge on any atom is 0.229 e. The van der Waals surface area contributed by atoms with Crippen molar-refractivity contribution in [3.63, 3.8) is 0 Å². The van der Waals surface area contributed by atoms with Gasteiger partial charge in [-0.2, -0.15) is 0 Å². The molecular weight excluding hydrogens is 532 g/mol. The van der Waals surface area contributed by atoms with Gasteiger partial charge in [0, 0.05) is 0 Å². The largest absolute Gasteiger partial charge is 0.493 e. The van der Waals surface area contributed by atoms with Crippen LogP contribution in [0, 0.1) is 0 Å². The van der Waals surface area contributed by atoms with E-state index in [4.69, 9.17) is 33.5 Å². The topological polar surface area (TPSA) is 197 Å². The van der Waals surface area contributed by atoms with Gasteiger partial charge in [0.2, 0.25) is 12.0 Å². The van der Waals surface area contributed by atoms with Crippen LogP contribution in [0.1, 0.15) is 17.2 Å². The molecule has 1 fully saturated rings. The van der Waals surface area contributed by atoms with E-state index in [9.17, 15) is 30.6 Å². The predicted octanol–water partition coefficient (Wildman–Crippen LogP) is -0.630. The van der Waals surface area contributed by atoms with E-state index in [0.717, 1.165) is 5.56 Å². The molecule has 222 valence electrons. The van der Waals surface area contributed by atoms with Gasteiger partial charge in [-0.05, 0) is 35.4 Å². The van der Waals surface area contributed by atoms with E-state index in [2.05, 4.69) is 0 Å². The smallest absolute Gasteiger partial charge is 0.229 e. The van der Waals surface area contributed by atoms with Crippen LogP contribution in [0.25, 0.3) is 6.08 Å². The summed E-state index contributed by atoms with van der Waals surface area (Å²) in [6.45, 7) is -1.34. The number of aliphatic hydroxyl groups is 7. The minimum absolute atomic E-state index is 0.0413. The van der Waals surface area contributed by atoms with E-state index >= 15 is 0 Å². The van der Waals surface area contributed by atoms with Gasteiger partial charge in [0.15, 0.2) is 29.1 Å². The van der Waals surface area contributed by atoms with Crippen molar-refractivity contribution in [1.82, 2.24) is 0 Å². The second-order valence-electron chi connectivity index (χ2n) is 8.85. The lowest BCUT2D eigenvalue weighted by Crippen LogP contribution is -2.60. The first-order chi connectivity index (χ1) is 19.2. The molecule has 7 atom stereocenters. The summed E-state index contributed by atoms with van der Waals surface area (Å²) in [6.07, 6.45) is -6.90. The summed E-state index contributed by atoms with van der Waals surface area (Å²) in [6, 6.07) is 7.78. The SMILES string of the molecule is COc1cc(C=CCO)ccc1O[C@H](CO)[C@H](O)c1cc(OC)c(O[C@@H]2O[C@H](CO)[C@@H](O)[C@H](O)[C@H]2O)c(OC)c1. The van der Waals surface area contributed by atoms with E-state index in [-0.39, 0.29) is 35.2 Å². The molecule has 0 aliphatic carbocycles. The summed E-state index contributed by atoms with van der Waals surface area (Å²) >= 11 is 0. The zero-order valence-corrected chi connectivity index (χ0v) is 22.3. The molecule has 0 radical (unpaired) electrons. The molecule has 13 nitrogen and oxygen atoms in total. The van der Waals surface area contributed by atoms with Crippen LogP contribution in [0.2, 0.25) is 0 Å². The summed E-state index contributed by atoms with van der Waals surface area (Å²) in [7, 11) is 4.08. The number of hydrogen-bond donors (Lipinski definition) is 7. The molecule has 0 unspecified atom stereocenters. The average molecular weight is 569 g/mol. The van der Waals surface area contributed by atoms with Gasteiger partial charge in [0.1, 0.15) is 30.5 Å². The molecule has 0 spiro atoms. The van der Waals surface area contributed by atoms with Gasteiger partial charge in [-0.3, -0.25) is 0 Å². The lowest BCUT2D eigenvalue weighted by atomic mass is 9.99. The minimum Gasteiger partial charge on any atom is -0.493 e. The first-order valence-electron chi connectivity index (χ1n) is 12.4. The Morgan fingerprint density at radius 3 is 2.05 bits per heavy atom. The molecule has 40 heavy (non-hydrogen) atoms. The van der Waals surface area contributed by atoms with Gasteiger partial charge >= 0.3 is 0 Å². The zero-order chi connectivity index (χ0) is 29.4. The normalized spacial score (nSPS) is 24.4. The lowest BCUT2D eigenvalue weighted by molar-refractivity contribution is -0.277. The second-order valence-corrected chi connectivity index (χ2v) is 8.85. The fraction of sp³-hybridized carbons (Fsp3) is 0.481. The molecule has 0 amide bonds. The van der Waals surface area contributed by atoms with Gasteiger partial charge in [-0.1, -0.05) is 18.2 Å². The van der Waals surface area contributed by atoms with Gasteiger partial charge in [0.05, 0.1) is 41.2 Å². The third-order valence-electron chi connectivity index (χ3n) is 6.32. The summed E-state index contributed by atoms with van der Waals surface area (Å²) in [5.41, 5.74) is 0.958. The monoisotopic (exact) mass is 568 g/mol. The van der Waals surface area contributed by atoms with E-state index < -0.39 is 56.1 Å². The fourth-order valence-corrected chi connectivity index (χ4v) is 4.12. The van der Waals surface area contributed by atoms with Crippen molar-refractivity contribution in [2.75, 3.05) is 41.2 Å². The summed E-state index contributed by atoms with van der Waals surface area (Å²) in [5.74, 6) is 0.617. The van der Waals surface area contributed by atoms with Crippen LogP contribution in [-0.4, -0.2) is 114 Å². The Bertz CT molecular complexity index is 1100. The Morgan fingerprint density at radius 1 is 0.850 bits per heavy atom. The Hall–Kier alpha value is -3.14. The van der Waals surface area contributed by atoms with Crippen molar-refractivity contribution in [1.29, 1.82) is 0 Å². The summed E-state index contributed by atoms with van der Waals surface area (Å²) in [5, 5.41) is 70.1. The number of benzene rings is 2. The Labute approximate surface area is 231 Å². The molecule has 3 rings (SSSR count). The standard InChI is InChI=1S/C27H36O13/c1-35-17-9-14(5-4-8-28)6-7-16(17)38-20(12-29)22(31)15-10-18(36-2)26(19(11-15)37-3)40-27-25(34)24(33)23(32)21(13-30)39-27/h4-7,9-11,20-25,27-34H,8,12-13H2,1-3H3/t20-,21-,22-,23-,24+,25-,27+/m1/s1. The molecular formula is C27H36O13. The predicted molar refractivity (Wildman–Crippen MR) is 140 cm³/mol. The molecule has 0 bridgehead atoms. The van der Waals surface area contributed by atoms with Crippen LogP contribution in [-0.2, 0) is 4.74 Å². The highest BCUT2D eigenvalue weighted by Crippen LogP contribution is 2.42. The van der Waals surface area contributed by atoms with Gasteiger partial charge in [-0.25, -0.2) is 0 Å². The summed E-state index contributed by atoms with van der Waals surface area (Å²) in [4.78, 5) is 0. The van der Waals surface area contributed by atoms with Crippen molar-refractivity contribution in [2.45, 2.75) is 42.9 Å². The third kappa shape index (κ3) is 6.95. The number of hydrogen-bond acceptors (Lipinski definition) is 13. The molecule has 0 saturated carbocycles. The maximum absolute atomic E-state index is 11.1. The van der Waals surface area contributed by atoms with Crippen LogP contribution >= 0.6 is 0 Å². The molecule has 7 N–H and O–H groups in total. The number of ether oxygens (including phenoxy) is 6. The molecule has 1 aliphatic heterocycles. The Kier molecular flexibility index (Phi) is 11.4. The molecule has 1 aliphatic rings. The highest BCUT2D eigenvalue weighted by atomic mass is 16.7. The molecule has 0 aromatic heterocycles. The van der Waals surface area contributed by atoms with E-state index in [1.54, 1.807) is 30.4 Å². The van der Waals surface area contributed by atoms with Crippen molar-refractivity contribution in [3.8, 4) is 28.7 Å². The van der Waals surface area contributed by atoms with Crippen LogP contribution in [0.3, 0.4) is 0 Å². The highest BCUT2D eigenvalue weighted by Gasteiger charge is 2.45. The number of methoxy groups -OCH3 is 3. The zero-order valence-electron chi connectivity index (χ0n) is 22.3. The van der Waals surface area contributed by atoms with E-state index in [0.29, 0.717) is 5.75 Å². The van der Waals surface area contributed by atoms with Crippen molar-refractivity contribution in [2.24, 2.45) is 0 Å². The van der Waals surface area contributed by atoms with E-state index in [1.807, 2.05) is 0 Å². The molecule has 2 aromatic carbocycles. The number of rotatable bonds is 13. The first kappa shape index (κ1) is 31.4. The lowest BCUT2D eigenvalue weighted by Gasteiger charge is -2.39. The van der Waals surface area contributed by atoms with Crippen molar-refractivity contribution in [3.05, 3.63) is 47.5 Å².